The van der Waals surface area contributed by atoms with E-state index >= 15 is 0 Å². The summed E-state index contributed by atoms with van der Waals surface area (Å²) in [5.74, 6) is 0.00626. The second-order valence-electron chi connectivity index (χ2n) is 7.00. The fraction of sp³-hybridized carbons (Fsp3) is 0.286. The molecule has 27 heavy (non-hydrogen) atoms. The van der Waals surface area contributed by atoms with Crippen LogP contribution in [-0.4, -0.2) is 39.1 Å². The van der Waals surface area contributed by atoms with Crippen molar-refractivity contribution >= 4 is 5.91 Å². The smallest absolute Gasteiger partial charge is 0.254 e. The maximum absolute atomic E-state index is 13.1. The molecule has 1 N–H and O–H groups in total. The van der Waals surface area contributed by atoms with Gasteiger partial charge in [0.1, 0.15) is 5.82 Å². The molecule has 3 heterocycles. The van der Waals surface area contributed by atoms with Crippen LogP contribution in [0.5, 0.6) is 0 Å². The normalized spacial score (nSPS) is 17.1. The van der Waals surface area contributed by atoms with Gasteiger partial charge in [-0.25, -0.2) is 4.39 Å². The number of pyridine rings is 1. The number of H-pyrrole nitrogens is 1. The van der Waals surface area contributed by atoms with Gasteiger partial charge >= 0.3 is 0 Å². The molecule has 1 aliphatic rings. The maximum atomic E-state index is 13.1. The zero-order chi connectivity index (χ0) is 18.8. The molecule has 0 unspecified atom stereocenters. The number of likely N-dealkylation sites (tertiary alicyclic amines) is 1. The lowest BCUT2D eigenvalue weighted by molar-refractivity contribution is 0.0705. The summed E-state index contributed by atoms with van der Waals surface area (Å²) in [5.41, 5.74) is 4.28. The Morgan fingerprint density at radius 1 is 1.26 bits per heavy atom. The molecule has 0 bridgehead atoms. The summed E-state index contributed by atoms with van der Waals surface area (Å²) >= 11 is 0. The van der Waals surface area contributed by atoms with Gasteiger partial charge in [-0.2, -0.15) is 5.10 Å². The molecule has 0 saturated carbocycles. The number of hydrogen-bond donors (Lipinski definition) is 1. The first-order chi connectivity index (χ1) is 13.1. The third-order valence-corrected chi connectivity index (χ3v) is 5.14. The Kier molecular flexibility index (Phi) is 4.71. The largest absolute Gasteiger partial charge is 0.338 e. The van der Waals surface area contributed by atoms with Gasteiger partial charge in [0.2, 0.25) is 0 Å². The van der Waals surface area contributed by atoms with Gasteiger partial charge in [0.15, 0.2) is 0 Å². The highest BCUT2D eigenvalue weighted by atomic mass is 19.1. The highest BCUT2D eigenvalue weighted by molar-refractivity contribution is 5.95. The number of carbonyl (C=O) groups is 1. The summed E-state index contributed by atoms with van der Waals surface area (Å²) < 4.78 is 13.1. The lowest BCUT2D eigenvalue weighted by atomic mass is 9.93. The summed E-state index contributed by atoms with van der Waals surface area (Å²) in [7, 11) is 0. The summed E-state index contributed by atoms with van der Waals surface area (Å²) in [4.78, 5) is 18.9. The number of halogens is 1. The Morgan fingerprint density at radius 3 is 2.85 bits per heavy atom. The van der Waals surface area contributed by atoms with E-state index in [1.807, 2.05) is 17.9 Å². The molecule has 1 saturated heterocycles. The van der Waals surface area contributed by atoms with Crippen LogP contribution in [0.3, 0.4) is 0 Å². The van der Waals surface area contributed by atoms with E-state index in [-0.39, 0.29) is 17.6 Å². The van der Waals surface area contributed by atoms with E-state index in [9.17, 15) is 9.18 Å². The zero-order valence-electron chi connectivity index (χ0n) is 15.2. The molecule has 1 fully saturated rings. The Labute approximate surface area is 157 Å². The van der Waals surface area contributed by atoms with Gasteiger partial charge in [-0.3, -0.25) is 14.9 Å². The monoisotopic (exact) mass is 364 g/mol. The third-order valence-electron chi connectivity index (χ3n) is 5.14. The number of nitrogens with zero attached hydrogens (tertiary/aromatic N) is 3. The van der Waals surface area contributed by atoms with Crippen LogP contribution in [0.4, 0.5) is 4.39 Å². The van der Waals surface area contributed by atoms with E-state index in [2.05, 4.69) is 15.2 Å². The van der Waals surface area contributed by atoms with Crippen LogP contribution in [0.15, 0.2) is 48.8 Å². The van der Waals surface area contributed by atoms with Crippen LogP contribution in [0.1, 0.15) is 40.4 Å². The first-order valence-corrected chi connectivity index (χ1v) is 9.13. The highest BCUT2D eigenvalue weighted by Crippen LogP contribution is 2.29. The van der Waals surface area contributed by atoms with Crippen LogP contribution in [0, 0.1) is 12.7 Å². The summed E-state index contributed by atoms with van der Waals surface area (Å²) in [6, 6.07) is 10.1. The zero-order valence-corrected chi connectivity index (χ0v) is 15.2. The van der Waals surface area contributed by atoms with E-state index in [0.29, 0.717) is 12.1 Å². The van der Waals surface area contributed by atoms with Crippen molar-refractivity contribution in [3.63, 3.8) is 0 Å². The number of nitrogens with one attached hydrogen (secondary N) is 1. The molecule has 4 rings (SSSR count). The van der Waals surface area contributed by atoms with Gasteiger partial charge in [0.05, 0.1) is 5.69 Å². The van der Waals surface area contributed by atoms with Crippen LogP contribution in [0.2, 0.25) is 0 Å². The molecule has 1 aliphatic heterocycles. The minimum atomic E-state index is -0.262. The van der Waals surface area contributed by atoms with Crippen molar-refractivity contribution in [1.29, 1.82) is 0 Å². The molecule has 2 aromatic heterocycles. The van der Waals surface area contributed by atoms with E-state index in [0.717, 1.165) is 41.9 Å². The van der Waals surface area contributed by atoms with Crippen LogP contribution >= 0.6 is 0 Å². The van der Waals surface area contributed by atoms with Crippen molar-refractivity contribution in [2.75, 3.05) is 13.1 Å². The third kappa shape index (κ3) is 3.60. The van der Waals surface area contributed by atoms with Crippen molar-refractivity contribution in [3.8, 4) is 11.3 Å². The average Bonchev–Trinajstić information content (AvgIpc) is 3.19. The molecule has 1 aromatic carbocycles. The number of amides is 1. The number of aromatic nitrogens is 3. The summed E-state index contributed by atoms with van der Waals surface area (Å²) in [6.45, 7) is 3.33. The first-order valence-electron chi connectivity index (χ1n) is 9.13. The Balaban J connectivity index is 1.51. The van der Waals surface area contributed by atoms with Gasteiger partial charge in [-0.15, -0.1) is 0 Å². The average molecular weight is 364 g/mol. The molecule has 0 spiro atoms. The molecule has 6 heteroatoms. The summed E-state index contributed by atoms with van der Waals surface area (Å²) in [5, 5.41) is 7.48. The van der Waals surface area contributed by atoms with Crippen LogP contribution < -0.4 is 0 Å². The van der Waals surface area contributed by atoms with E-state index in [4.69, 9.17) is 0 Å². The Bertz CT molecular complexity index is 951. The standard InChI is InChI=1S/C21H21FN4O/c1-14-12-23-9-8-18(14)21(27)26-10-2-3-16(13-26)20-11-19(24-25-20)15-4-6-17(22)7-5-15/h4-9,11-12,16H,2-3,10,13H2,1H3,(H,24,25)/t16-/m0/s1. The topological polar surface area (TPSA) is 61.9 Å². The molecular weight excluding hydrogens is 343 g/mol. The van der Waals surface area contributed by atoms with Crippen molar-refractivity contribution < 1.29 is 9.18 Å². The molecule has 0 aliphatic carbocycles. The number of aromatic amines is 1. The Hall–Kier alpha value is -3.02. The van der Waals surface area contributed by atoms with Gasteiger partial charge in [-0.05, 0) is 61.7 Å². The van der Waals surface area contributed by atoms with Gasteiger partial charge < -0.3 is 4.90 Å². The van der Waals surface area contributed by atoms with Crippen LogP contribution in [0.25, 0.3) is 11.3 Å². The second kappa shape index (κ2) is 7.31. The van der Waals surface area contributed by atoms with Gasteiger partial charge in [-0.1, -0.05) is 0 Å². The minimum absolute atomic E-state index is 0.0536. The number of piperidine rings is 1. The predicted octanol–water partition coefficient (Wildman–Crippen LogP) is 3.94. The molecule has 5 nitrogen and oxygen atoms in total. The summed E-state index contributed by atoms with van der Waals surface area (Å²) in [6.07, 6.45) is 5.33. The Morgan fingerprint density at radius 2 is 2.07 bits per heavy atom. The lowest BCUT2D eigenvalue weighted by Gasteiger charge is -2.32. The highest BCUT2D eigenvalue weighted by Gasteiger charge is 2.27. The fourth-order valence-corrected chi connectivity index (χ4v) is 3.61. The molecule has 3 aromatic rings. The molecule has 0 radical (unpaired) electrons. The van der Waals surface area contributed by atoms with Crippen molar-refractivity contribution in [3.05, 3.63) is 71.4 Å². The minimum Gasteiger partial charge on any atom is -0.338 e. The fourth-order valence-electron chi connectivity index (χ4n) is 3.61. The van der Waals surface area contributed by atoms with Gasteiger partial charge in [0.25, 0.3) is 5.91 Å². The van der Waals surface area contributed by atoms with Gasteiger partial charge in [0, 0.05) is 48.2 Å². The van der Waals surface area contributed by atoms with E-state index in [1.165, 1.54) is 12.1 Å². The predicted molar refractivity (Wildman–Crippen MR) is 101 cm³/mol. The quantitative estimate of drug-likeness (QED) is 0.766. The number of rotatable bonds is 3. The molecule has 1 amide bonds. The maximum Gasteiger partial charge on any atom is 0.254 e. The molecule has 138 valence electrons. The van der Waals surface area contributed by atoms with Crippen molar-refractivity contribution in [2.24, 2.45) is 0 Å². The second-order valence-corrected chi connectivity index (χ2v) is 7.00. The van der Waals surface area contributed by atoms with Crippen LogP contribution in [-0.2, 0) is 0 Å². The van der Waals surface area contributed by atoms with E-state index in [1.54, 1.807) is 30.6 Å². The first kappa shape index (κ1) is 17.4. The SMILES string of the molecule is Cc1cnccc1C(=O)N1CCC[C@H](c2cc(-c3ccc(F)cc3)n[nH]2)C1. The number of aryl methyl sites for hydroxylation is 1. The number of benzene rings is 1. The molecule has 1 atom stereocenters. The van der Waals surface area contributed by atoms with Crippen molar-refractivity contribution in [2.45, 2.75) is 25.7 Å². The molecular formula is C21H21FN4O. The number of hydrogen-bond acceptors (Lipinski definition) is 3. The van der Waals surface area contributed by atoms with E-state index < -0.39 is 0 Å². The lowest BCUT2D eigenvalue weighted by Crippen LogP contribution is -2.39. The number of carbonyl (C=O) groups excluding carboxylic acids is 1. The van der Waals surface area contributed by atoms with Crippen molar-refractivity contribution in [1.82, 2.24) is 20.1 Å².